The minimum atomic E-state index is 0.643. The van der Waals surface area contributed by atoms with Gasteiger partial charge in [-0.1, -0.05) is 29.3 Å². The summed E-state index contributed by atoms with van der Waals surface area (Å²) in [7, 11) is 0. The summed E-state index contributed by atoms with van der Waals surface area (Å²) in [6.45, 7) is 5.73. The summed E-state index contributed by atoms with van der Waals surface area (Å²) in [6, 6.07) is 18.0. The maximum atomic E-state index is 6.07. The molecule has 0 amide bonds. The van der Waals surface area contributed by atoms with E-state index in [1.54, 1.807) is 6.20 Å². The molecular formula is C25H27ClN6. The zero-order valence-corrected chi connectivity index (χ0v) is 19.1. The summed E-state index contributed by atoms with van der Waals surface area (Å²) < 4.78 is 0. The van der Waals surface area contributed by atoms with Gasteiger partial charge < -0.3 is 16.0 Å². The molecule has 0 bridgehead atoms. The van der Waals surface area contributed by atoms with Crippen LogP contribution in [0.1, 0.15) is 24.1 Å². The Labute approximate surface area is 193 Å². The number of nitrogens with one attached hydrogen (secondary N) is 3. The van der Waals surface area contributed by atoms with Gasteiger partial charge in [0.15, 0.2) is 0 Å². The molecule has 164 valence electrons. The average Bonchev–Trinajstić information content (AvgIpc) is 2.77. The van der Waals surface area contributed by atoms with Crippen molar-refractivity contribution in [2.24, 2.45) is 0 Å². The third kappa shape index (κ3) is 5.86. The van der Waals surface area contributed by atoms with Crippen LogP contribution in [0, 0.1) is 13.8 Å². The second-order valence-electron chi connectivity index (χ2n) is 7.79. The molecular weight excluding hydrogens is 420 g/mol. The molecule has 32 heavy (non-hydrogen) atoms. The van der Waals surface area contributed by atoms with E-state index < -0.39 is 0 Å². The molecule has 0 spiro atoms. The number of halogens is 1. The van der Waals surface area contributed by atoms with Gasteiger partial charge in [0.25, 0.3) is 0 Å². The fraction of sp³-hybridized carbons (Fsp3) is 0.240. The molecule has 4 rings (SSSR count). The van der Waals surface area contributed by atoms with Crippen molar-refractivity contribution in [1.82, 2.24) is 15.0 Å². The van der Waals surface area contributed by atoms with Gasteiger partial charge in [-0.3, -0.25) is 4.98 Å². The smallest absolute Gasteiger partial charge is 0.224 e. The van der Waals surface area contributed by atoms with Crippen LogP contribution < -0.4 is 16.0 Å². The number of nitrogens with zero attached hydrogens (tertiary/aromatic N) is 3. The first-order chi connectivity index (χ1) is 15.6. The Morgan fingerprint density at radius 1 is 0.844 bits per heavy atom. The molecule has 0 fully saturated rings. The average molecular weight is 447 g/mol. The van der Waals surface area contributed by atoms with E-state index in [4.69, 9.17) is 11.6 Å². The van der Waals surface area contributed by atoms with Gasteiger partial charge in [0.1, 0.15) is 5.82 Å². The molecule has 6 nitrogen and oxygen atoms in total. The number of rotatable bonds is 9. The molecule has 7 heteroatoms. The van der Waals surface area contributed by atoms with E-state index in [0.717, 1.165) is 59.7 Å². The minimum absolute atomic E-state index is 0.643. The molecule has 4 aromatic rings. The monoisotopic (exact) mass is 446 g/mol. The molecule has 0 aliphatic rings. The summed E-state index contributed by atoms with van der Waals surface area (Å²) in [4.78, 5) is 13.5. The van der Waals surface area contributed by atoms with Crippen molar-refractivity contribution in [3.63, 3.8) is 0 Å². The minimum Gasteiger partial charge on any atom is -0.384 e. The van der Waals surface area contributed by atoms with Gasteiger partial charge in [-0.25, -0.2) is 4.98 Å². The summed E-state index contributed by atoms with van der Waals surface area (Å²) in [5.74, 6) is 1.43. The Hall–Kier alpha value is -3.38. The molecule has 2 aromatic carbocycles. The highest BCUT2D eigenvalue weighted by Crippen LogP contribution is 2.24. The number of aromatic nitrogens is 3. The molecule has 0 atom stereocenters. The van der Waals surface area contributed by atoms with Crippen LogP contribution in [0.3, 0.4) is 0 Å². The first-order valence-corrected chi connectivity index (χ1v) is 11.2. The van der Waals surface area contributed by atoms with Gasteiger partial charge >= 0.3 is 0 Å². The quantitative estimate of drug-likeness (QED) is 0.260. The Balaban J connectivity index is 1.25. The number of fused-ring (bicyclic) bond motifs is 1. The number of unbranched alkanes of at least 4 members (excludes halogenated alkanes) is 1. The second kappa shape index (κ2) is 10.3. The summed E-state index contributed by atoms with van der Waals surface area (Å²) in [6.07, 6.45) is 3.82. The van der Waals surface area contributed by atoms with E-state index >= 15 is 0 Å². The van der Waals surface area contributed by atoms with E-state index in [1.165, 1.54) is 5.56 Å². The number of hydrogen-bond donors (Lipinski definition) is 3. The SMILES string of the molecule is Cc1ccc(Nc2cc(C)nc(NCCCCNc3ccnc4cc(Cl)ccc34)n2)cc1. The molecule has 0 unspecified atom stereocenters. The standard InChI is InChI=1S/C25H27ClN6/c1-17-5-8-20(9-6-17)31-24-15-18(2)30-25(32-24)29-13-4-3-12-27-22-11-14-28-23-16-19(26)7-10-21(22)23/h5-11,14-16H,3-4,12-13H2,1-2H3,(H,27,28)(H2,29,30,31,32). The first kappa shape index (κ1) is 21.8. The van der Waals surface area contributed by atoms with Crippen LogP contribution in [-0.4, -0.2) is 28.0 Å². The maximum absolute atomic E-state index is 6.07. The van der Waals surface area contributed by atoms with Crippen molar-refractivity contribution < 1.29 is 0 Å². The lowest BCUT2D eigenvalue weighted by atomic mass is 10.2. The molecule has 0 saturated heterocycles. The number of benzene rings is 2. The fourth-order valence-corrected chi connectivity index (χ4v) is 3.61. The highest BCUT2D eigenvalue weighted by atomic mass is 35.5. The molecule has 0 aliphatic carbocycles. The number of aryl methyl sites for hydroxylation is 2. The first-order valence-electron chi connectivity index (χ1n) is 10.8. The summed E-state index contributed by atoms with van der Waals surface area (Å²) in [5, 5.41) is 12.0. The van der Waals surface area contributed by atoms with Gasteiger partial charge in [0.05, 0.1) is 5.52 Å². The van der Waals surface area contributed by atoms with Gasteiger partial charge in [0, 0.05) is 52.8 Å². The highest BCUT2D eigenvalue weighted by molar-refractivity contribution is 6.31. The molecule has 2 heterocycles. The van der Waals surface area contributed by atoms with Crippen LogP contribution in [0.15, 0.2) is 60.8 Å². The normalized spacial score (nSPS) is 10.8. The number of anilines is 4. The topological polar surface area (TPSA) is 74.8 Å². The predicted octanol–water partition coefficient (Wildman–Crippen LogP) is 6.34. The van der Waals surface area contributed by atoms with Gasteiger partial charge in [0.2, 0.25) is 5.95 Å². The second-order valence-corrected chi connectivity index (χ2v) is 8.23. The van der Waals surface area contributed by atoms with Crippen LogP contribution in [0.2, 0.25) is 5.02 Å². The summed E-state index contributed by atoms with van der Waals surface area (Å²) in [5.41, 5.74) is 5.14. The zero-order valence-electron chi connectivity index (χ0n) is 18.3. The Kier molecular flexibility index (Phi) is 7.02. The largest absolute Gasteiger partial charge is 0.384 e. The third-order valence-corrected chi connectivity index (χ3v) is 5.32. The molecule has 3 N–H and O–H groups in total. The highest BCUT2D eigenvalue weighted by Gasteiger charge is 2.04. The van der Waals surface area contributed by atoms with Crippen LogP contribution in [0.25, 0.3) is 10.9 Å². The predicted molar refractivity (Wildman–Crippen MR) is 134 cm³/mol. The summed E-state index contributed by atoms with van der Waals surface area (Å²) >= 11 is 6.07. The van der Waals surface area contributed by atoms with E-state index in [9.17, 15) is 0 Å². The van der Waals surface area contributed by atoms with Crippen molar-refractivity contribution in [2.75, 3.05) is 29.0 Å². The molecule has 0 saturated carbocycles. The Morgan fingerprint density at radius 2 is 1.62 bits per heavy atom. The van der Waals surface area contributed by atoms with Crippen molar-refractivity contribution in [1.29, 1.82) is 0 Å². The van der Waals surface area contributed by atoms with E-state index in [2.05, 4.69) is 50.0 Å². The van der Waals surface area contributed by atoms with Gasteiger partial charge in [-0.2, -0.15) is 4.98 Å². The van der Waals surface area contributed by atoms with Crippen molar-refractivity contribution in [3.8, 4) is 0 Å². The lowest BCUT2D eigenvalue weighted by molar-refractivity contribution is 0.790. The van der Waals surface area contributed by atoms with Crippen molar-refractivity contribution in [3.05, 3.63) is 77.1 Å². The lowest BCUT2D eigenvalue weighted by Gasteiger charge is -2.11. The van der Waals surface area contributed by atoms with Crippen LogP contribution in [0.4, 0.5) is 23.1 Å². The van der Waals surface area contributed by atoms with E-state index in [0.29, 0.717) is 11.0 Å². The van der Waals surface area contributed by atoms with Gasteiger partial charge in [-0.15, -0.1) is 0 Å². The van der Waals surface area contributed by atoms with E-state index in [1.807, 2.05) is 49.4 Å². The van der Waals surface area contributed by atoms with Gasteiger partial charge in [-0.05, 0) is 63.1 Å². The molecule has 2 aromatic heterocycles. The fourth-order valence-electron chi connectivity index (χ4n) is 3.45. The van der Waals surface area contributed by atoms with Crippen LogP contribution in [0.5, 0.6) is 0 Å². The number of hydrogen-bond acceptors (Lipinski definition) is 6. The van der Waals surface area contributed by atoms with Crippen molar-refractivity contribution in [2.45, 2.75) is 26.7 Å². The van der Waals surface area contributed by atoms with Crippen molar-refractivity contribution >= 4 is 45.6 Å². The van der Waals surface area contributed by atoms with Crippen LogP contribution >= 0.6 is 11.6 Å². The third-order valence-electron chi connectivity index (χ3n) is 5.09. The molecule has 0 radical (unpaired) electrons. The Morgan fingerprint density at radius 3 is 2.44 bits per heavy atom. The number of pyridine rings is 1. The lowest BCUT2D eigenvalue weighted by Crippen LogP contribution is -2.10. The van der Waals surface area contributed by atoms with Crippen LogP contribution in [-0.2, 0) is 0 Å². The van der Waals surface area contributed by atoms with E-state index in [-0.39, 0.29) is 0 Å². The molecule has 0 aliphatic heterocycles. The Bertz CT molecular complexity index is 1190. The zero-order chi connectivity index (χ0) is 22.3. The maximum Gasteiger partial charge on any atom is 0.224 e.